The minimum atomic E-state index is -0.387. The van der Waals surface area contributed by atoms with E-state index in [1.807, 2.05) is 48.5 Å². The second-order valence-corrected chi connectivity index (χ2v) is 11.1. The van der Waals surface area contributed by atoms with Gasteiger partial charge in [-0.25, -0.2) is 0 Å². The molecule has 5 heteroatoms. The Hall–Kier alpha value is -1.10. The van der Waals surface area contributed by atoms with Gasteiger partial charge in [0, 0.05) is 30.5 Å². The van der Waals surface area contributed by atoms with Gasteiger partial charge in [-0.1, -0.05) is 41.5 Å². The first-order valence-electron chi connectivity index (χ1n) is 10.7. The van der Waals surface area contributed by atoms with E-state index in [0.717, 1.165) is 25.7 Å². The van der Waals surface area contributed by atoms with Crippen LogP contribution in [0, 0.1) is 10.8 Å². The summed E-state index contributed by atoms with van der Waals surface area (Å²) in [5, 5.41) is 6.09. The number of rotatable bonds is 12. The third-order valence-corrected chi connectivity index (χ3v) is 5.16. The smallest absolute Gasteiger partial charge is 0.226 e. The molecule has 0 aliphatic carbocycles. The Kier molecular flexibility index (Phi) is 10.2. The van der Waals surface area contributed by atoms with Crippen LogP contribution in [0.2, 0.25) is 0 Å². The first-order chi connectivity index (χ1) is 12.5. The highest BCUT2D eigenvalue weighted by molar-refractivity contribution is 5.82. The predicted octanol–water partition coefficient (Wildman–Crippen LogP) is 4.84. The quantitative estimate of drug-likeness (QED) is 0.494. The van der Waals surface area contributed by atoms with Crippen LogP contribution >= 0.6 is 0 Å². The van der Waals surface area contributed by atoms with Gasteiger partial charge in [-0.15, -0.1) is 0 Å². The second-order valence-electron chi connectivity index (χ2n) is 11.1. The molecule has 0 aromatic rings. The Labute approximate surface area is 173 Å². The van der Waals surface area contributed by atoms with Gasteiger partial charge in [-0.3, -0.25) is 9.59 Å². The zero-order valence-electron chi connectivity index (χ0n) is 20.2. The molecule has 0 aromatic heterocycles. The first-order valence-corrected chi connectivity index (χ1v) is 10.7. The van der Waals surface area contributed by atoms with E-state index >= 15 is 0 Å². The molecule has 28 heavy (non-hydrogen) atoms. The van der Waals surface area contributed by atoms with Crippen LogP contribution in [0.5, 0.6) is 0 Å². The number of carbonyl (C=O) groups is 2. The Morgan fingerprint density at radius 2 is 1.39 bits per heavy atom. The van der Waals surface area contributed by atoms with Crippen LogP contribution in [-0.4, -0.2) is 36.1 Å². The highest BCUT2D eigenvalue weighted by atomic mass is 16.5. The molecule has 0 radical (unpaired) electrons. The molecule has 0 spiro atoms. The van der Waals surface area contributed by atoms with Crippen molar-refractivity contribution in [2.24, 2.45) is 10.8 Å². The lowest BCUT2D eigenvalue weighted by atomic mass is 9.79. The van der Waals surface area contributed by atoms with Crippen molar-refractivity contribution in [3.63, 3.8) is 0 Å². The Bertz CT molecular complexity index is 502. The molecule has 2 amide bonds. The maximum absolute atomic E-state index is 12.8. The zero-order valence-corrected chi connectivity index (χ0v) is 20.2. The van der Waals surface area contributed by atoms with Gasteiger partial charge in [-0.2, -0.15) is 0 Å². The van der Waals surface area contributed by atoms with Gasteiger partial charge in [0.15, 0.2) is 0 Å². The predicted molar refractivity (Wildman–Crippen MR) is 117 cm³/mol. The fraction of sp³-hybridized carbons (Fsp3) is 0.913. The van der Waals surface area contributed by atoms with E-state index in [2.05, 4.69) is 31.4 Å². The second kappa shape index (κ2) is 10.6. The van der Waals surface area contributed by atoms with Crippen LogP contribution in [0.15, 0.2) is 0 Å². The van der Waals surface area contributed by atoms with E-state index < -0.39 is 0 Å². The van der Waals surface area contributed by atoms with E-state index in [1.54, 1.807) is 0 Å². The minimum absolute atomic E-state index is 0.0636. The largest absolute Gasteiger partial charge is 0.375 e. The van der Waals surface area contributed by atoms with Gasteiger partial charge in [-0.05, 0) is 58.8 Å². The topological polar surface area (TPSA) is 67.4 Å². The third kappa shape index (κ3) is 12.4. The van der Waals surface area contributed by atoms with Crippen molar-refractivity contribution >= 4 is 11.8 Å². The van der Waals surface area contributed by atoms with E-state index in [0.29, 0.717) is 19.6 Å². The SMILES string of the molecule is CCC(=O)NCCC(C)(C)OCCC(C)(C)NC(=O)C(C)(C)CCC(C)(C)C. The minimum Gasteiger partial charge on any atom is -0.375 e. The van der Waals surface area contributed by atoms with Crippen molar-refractivity contribution in [2.75, 3.05) is 13.2 Å². The van der Waals surface area contributed by atoms with E-state index in [4.69, 9.17) is 4.74 Å². The van der Waals surface area contributed by atoms with Crippen molar-refractivity contribution in [1.82, 2.24) is 10.6 Å². The standard InChI is InChI=1S/C23H46N2O3/c1-11-18(26)24-16-14-23(9,10)28-17-15-22(7,8)25-19(27)21(5,6)13-12-20(2,3)4/h11-17H2,1-10H3,(H,24,26)(H,25,27). The summed E-state index contributed by atoms with van der Waals surface area (Å²) in [6, 6.07) is 0. The Balaban J connectivity index is 4.44. The van der Waals surface area contributed by atoms with Crippen LogP contribution in [0.1, 0.15) is 101 Å². The van der Waals surface area contributed by atoms with E-state index in [9.17, 15) is 9.59 Å². The summed E-state index contributed by atoms with van der Waals surface area (Å²) in [7, 11) is 0. The average molecular weight is 399 g/mol. The monoisotopic (exact) mass is 398 g/mol. The molecule has 0 heterocycles. The molecule has 0 aromatic carbocycles. The van der Waals surface area contributed by atoms with Gasteiger partial charge < -0.3 is 15.4 Å². The highest BCUT2D eigenvalue weighted by Gasteiger charge is 2.33. The summed E-state index contributed by atoms with van der Waals surface area (Å²) in [4.78, 5) is 24.1. The van der Waals surface area contributed by atoms with Crippen LogP contribution < -0.4 is 10.6 Å². The number of carbonyl (C=O) groups excluding carboxylic acids is 2. The molecule has 0 fully saturated rings. The van der Waals surface area contributed by atoms with Crippen molar-refractivity contribution in [3.05, 3.63) is 0 Å². The number of ether oxygens (including phenoxy) is 1. The lowest BCUT2D eigenvalue weighted by molar-refractivity contribution is -0.132. The van der Waals surface area contributed by atoms with Crippen LogP contribution in [-0.2, 0) is 14.3 Å². The fourth-order valence-electron chi connectivity index (χ4n) is 2.62. The molecule has 0 saturated carbocycles. The van der Waals surface area contributed by atoms with Gasteiger partial charge in [0.2, 0.25) is 11.8 Å². The summed E-state index contributed by atoms with van der Waals surface area (Å²) in [6.07, 6.45) is 3.87. The molecule has 0 unspecified atom stereocenters. The number of hydrogen-bond donors (Lipinski definition) is 2. The fourth-order valence-corrected chi connectivity index (χ4v) is 2.62. The Morgan fingerprint density at radius 3 is 1.89 bits per heavy atom. The van der Waals surface area contributed by atoms with Crippen LogP contribution in [0.3, 0.4) is 0 Å². The molecule has 2 N–H and O–H groups in total. The van der Waals surface area contributed by atoms with Gasteiger partial charge >= 0.3 is 0 Å². The molecule has 5 nitrogen and oxygen atoms in total. The molecular formula is C23H46N2O3. The van der Waals surface area contributed by atoms with Crippen molar-refractivity contribution in [1.29, 1.82) is 0 Å². The normalized spacial score (nSPS) is 13.4. The number of nitrogens with one attached hydrogen (secondary N) is 2. The Morgan fingerprint density at radius 1 is 0.821 bits per heavy atom. The summed E-state index contributed by atoms with van der Waals surface area (Å²) in [5.74, 6) is 0.164. The third-order valence-electron chi connectivity index (χ3n) is 5.16. The molecule has 0 bridgehead atoms. The first kappa shape index (κ1) is 26.9. The summed E-state index contributed by atoms with van der Waals surface area (Å²) < 4.78 is 6.04. The van der Waals surface area contributed by atoms with E-state index in [1.165, 1.54) is 0 Å². The lowest BCUT2D eigenvalue weighted by Crippen LogP contribution is -2.49. The van der Waals surface area contributed by atoms with E-state index in [-0.39, 0.29) is 33.8 Å². The molecule has 166 valence electrons. The average Bonchev–Trinajstić information content (AvgIpc) is 2.51. The highest BCUT2D eigenvalue weighted by Crippen LogP contribution is 2.31. The van der Waals surface area contributed by atoms with Crippen molar-refractivity contribution in [3.8, 4) is 0 Å². The number of amides is 2. The molecule has 0 rings (SSSR count). The van der Waals surface area contributed by atoms with Crippen LogP contribution in [0.4, 0.5) is 0 Å². The maximum Gasteiger partial charge on any atom is 0.226 e. The number of hydrogen-bond acceptors (Lipinski definition) is 3. The molecular weight excluding hydrogens is 352 g/mol. The summed E-state index contributed by atoms with van der Waals surface area (Å²) >= 11 is 0. The maximum atomic E-state index is 12.8. The van der Waals surface area contributed by atoms with Gasteiger partial charge in [0.1, 0.15) is 0 Å². The van der Waals surface area contributed by atoms with Crippen molar-refractivity contribution < 1.29 is 14.3 Å². The van der Waals surface area contributed by atoms with Crippen LogP contribution in [0.25, 0.3) is 0 Å². The lowest BCUT2D eigenvalue weighted by Gasteiger charge is -2.34. The molecule has 0 atom stereocenters. The van der Waals surface area contributed by atoms with Gasteiger partial charge in [0.25, 0.3) is 0 Å². The van der Waals surface area contributed by atoms with Gasteiger partial charge in [0.05, 0.1) is 5.60 Å². The summed E-state index contributed by atoms with van der Waals surface area (Å²) in [6.45, 7) is 21.8. The molecule has 0 aliphatic heterocycles. The summed E-state index contributed by atoms with van der Waals surface area (Å²) in [5.41, 5.74) is -0.805. The zero-order chi connectivity index (χ0) is 22.2. The molecule has 0 aliphatic rings. The molecule has 0 saturated heterocycles. The van der Waals surface area contributed by atoms with Crippen molar-refractivity contribution in [2.45, 2.75) is 112 Å².